The Hall–Kier alpha value is -6.08. The van der Waals surface area contributed by atoms with E-state index in [0.29, 0.717) is 36.9 Å². The topological polar surface area (TPSA) is 140 Å². The number of aromatic nitrogens is 8. The summed E-state index contributed by atoms with van der Waals surface area (Å²) in [6.45, 7) is 19.4. The molecule has 0 spiro atoms. The zero-order chi connectivity index (χ0) is 50.9. The van der Waals surface area contributed by atoms with E-state index in [9.17, 15) is 18.4 Å². The van der Waals surface area contributed by atoms with Crippen molar-refractivity contribution >= 4 is 57.8 Å². The van der Waals surface area contributed by atoms with Gasteiger partial charge in [-0.3, -0.25) is 9.59 Å². The van der Waals surface area contributed by atoms with Gasteiger partial charge in [0.05, 0.1) is 12.1 Å². The molecule has 4 aromatic carbocycles. The third kappa shape index (κ3) is 14.3. The smallest absolute Gasteiger partial charge is 0.254 e. The van der Waals surface area contributed by atoms with Gasteiger partial charge < -0.3 is 24.3 Å². The van der Waals surface area contributed by atoms with Crippen molar-refractivity contribution in [3.8, 4) is 44.2 Å². The van der Waals surface area contributed by atoms with Crippen molar-refractivity contribution in [2.45, 2.75) is 73.6 Å². The van der Waals surface area contributed by atoms with Crippen LogP contribution in [0.2, 0.25) is 0 Å². The van der Waals surface area contributed by atoms with Gasteiger partial charge in [-0.05, 0) is 93.6 Å². The fraction of sp³-hybridized carbons (Fsp3) is 0.308. The van der Waals surface area contributed by atoms with E-state index in [1.54, 1.807) is 34.5 Å². The second-order valence-corrected chi connectivity index (χ2v) is 17.7. The Morgan fingerprint density at radius 3 is 1.59 bits per heavy atom. The molecule has 2 atom stereocenters. The summed E-state index contributed by atoms with van der Waals surface area (Å²) in [5.74, 6) is 2.42. The lowest BCUT2D eigenvalue weighted by Crippen LogP contribution is -2.41. The molecule has 13 nitrogen and oxygen atoms in total. The third-order valence-electron chi connectivity index (χ3n) is 11.4. The quantitative estimate of drug-likeness (QED) is 0.139. The molecule has 10 rings (SSSR count). The standard InChI is InChI=1S/C22H18FN5OS.C15H15N5S.C7H4ClFO.C6H15N.C2H6.ClH/c1-14-19-25-26-20(18-13-30-21(24-18)15-5-3-2-4-6-15)28(19)12-11-27(14)22(29)16-7-9-17(23)10-8-16;1-10-13-18-19-14(20(13)8-7-16-10)12-9-21-15(17-12)11-5-3-2-4-6-11;8-7(10)5-1-3-6(9)4-2-5;1-4-7(5-2)6-3;1-2;/h2-10,13-14H,11-12H2,1H3;2-6,9-10,16H,7-8H2,1H3;1-4H;4-6H2,1-3H3;1-2H3;1H/i;;;;1D;. The molecular formula is C52H59Cl2F2N11O2S2. The van der Waals surface area contributed by atoms with Crippen LogP contribution in [0, 0.1) is 11.6 Å². The Morgan fingerprint density at radius 2 is 1.14 bits per heavy atom. The molecule has 6 heterocycles. The van der Waals surface area contributed by atoms with Gasteiger partial charge in [0.1, 0.15) is 38.9 Å². The number of nitrogens with one attached hydrogen (secondary N) is 1. The number of hydrogen-bond acceptors (Lipinski definition) is 12. The van der Waals surface area contributed by atoms with Gasteiger partial charge in [0.2, 0.25) is 0 Å². The second-order valence-electron chi connectivity index (χ2n) is 15.6. The van der Waals surface area contributed by atoms with Crippen LogP contribution in [-0.4, -0.2) is 93.2 Å². The maximum absolute atomic E-state index is 13.2. The van der Waals surface area contributed by atoms with Gasteiger partial charge >= 0.3 is 0 Å². The summed E-state index contributed by atoms with van der Waals surface area (Å²) < 4.78 is 35.8. The molecule has 71 heavy (non-hydrogen) atoms. The van der Waals surface area contributed by atoms with Crippen molar-refractivity contribution < 1.29 is 19.7 Å². The number of nitrogens with zero attached hydrogens (tertiary/aromatic N) is 10. The van der Waals surface area contributed by atoms with Gasteiger partial charge in [-0.1, -0.05) is 95.3 Å². The van der Waals surface area contributed by atoms with Crippen molar-refractivity contribution in [3.05, 3.63) is 154 Å². The largest absolute Gasteiger partial charge is 0.327 e. The Balaban J connectivity index is 0.000000198. The molecule has 2 aliphatic rings. The fourth-order valence-corrected chi connectivity index (χ4v) is 9.31. The molecule has 4 aromatic heterocycles. The molecular weight excluding hydrogens is 984 g/mol. The number of rotatable bonds is 9. The summed E-state index contributed by atoms with van der Waals surface area (Å²) in [6, 6.07) is 30.9. The van der Waals surface area contributed by atoms with Crippen LogP contribution in [0.1, 0.15) is 94.3 Å². The van der Waals surface area contributed by atoms with E-state index < -0.39 is 5.24 Å². The minimum Gasteiger partial charge on any atom is -0.327 e. The van der Waals surface area contributed by atoms with E-state index in [1.807, 2.05) is 65.4 Å². The molecule has 8 aromatic rings. The summed E-state index contributed by atoms with van der Waals surface area (Å²) >= 11 is 8.31. The Kier molecular flexibility index (Phi) is 21.0. The molecule has 374 valence electrons. The first-order chi connectivity index (χ1) is 34.4. The molecule has 1 amide bonds. The summed E-state index contributed by atoms with van der Waals surface area (Å²) in [6.07, 6.45) is 0. The number of hydrogen-bond donors (Lipinski definition) is 1. The van der Waals surface area contributed by atoms with Crippen molar-refractivity contribution in [2.75, 3.05) is 32.7 Å². The van der Waals surface area contributed by atoms with Crippen molar-refractivity contribution in [2.24, 2.45) is 0 Å². The maximum Gasteiger partial charge on any atom is 0.254 e. The van der Waals surface area contributed by atoms with Gasteiger partial charge in [-0.25, -0.2) is 18.7 Å². The van der Waals surface area contributed by atoms with E-state index in [-0.39, 0.29) is 42.0 Å². The third-order valence-corrected chi connectivity index (χ3v) is 13.4. The minimum absolute atomic E-state index is 0. The van der Waals surface area contributed by atoms with Gasteiger partial charge in [0.25, 0.3) is 11.1 Å². The first-order valence-corrected chi connectivity index (χ1v) is 25.2. The SMILES string of the molecule is CC1NCCn2c(-c3csc(-c4ccccc4)n3)nnc21.CC1c2nnc(-c3csc(-c4ccccc4)n3)n2CCN1C(=O)c1ccc(F)cc1.CCN(CC)CC.Cl.O=C(Cl)c1ccc(F)cc1.[2H]CC. The molecule has 0 bridgehead atoms. The number of carbonyl (C=O) groups is 2. The Morgan fingerprint density at radius 1 is 0.690 bits per heavy atom. The van der Waals surface area contributed by atoms with Crippen LogP contribution < -0.4 is 5.32 Å². The fourth-order valence-electron chi connectivity index (χ4n) is 7.57. The van der Waals surface area contributed by atoms with Crippen LogP contribution >= 0.6 is 46.7 Å². The molecule has 2 unspecified atom stereocenters. The predicted molar refractivity (Wildman–Crippen MR) is 284 cm³/mol. The average molecular weight is 1040 g/mol. The first-order valence-electron chi connectivity index (χ1n) is 23.8. The predicted octanol–water partition coefficient (Wildman–Crippen LogP) is 12.2. The molecule has 0 aliphatic carbocycles. The first kappa shape index (κ1) is 54.3. The van der Waals surface area contributed by atoms with Gasteiger partial charge in [0.15, 0.2) is 17.5 Å². The van der Waals surface area contributed by atoms with E-state index in [2.05, 4.69) is 80.4 Å². The maximum atomic E-state index is 13.2. The number of amides is 1. The normalized spacial score (nSPS) is 14.5. The number of thiazole rings is 2. The van der Waals surface area contributed by atoms with E-state index in [1.165, 1.54) is 68.2 Å². The zero-order valence-electron chi connectivity index (χ0n) is 41.5. The highest BCUT2D eigenvalue weighted by Crippen LogP contribution is 2.33. The summed E-state index contributed by atoms with van der Waals surface area (Å²) in [4.78, 5) is 36.9. The van der Waals surface area contributed by atoms with Crippen molar-refractivity contribution in [3.63, 3.8) is 0 Å². The number of benzene rings is 4. The number of halogens is 4. The van der Waals surface area contributed by atoms with Gasteiger partial charge in [0, 0.05) is 60.6 Å². The monoisotopic (exact) mass is 1040 g/mol. The summed E-state index contributed by atoms with van der Waals surface area (Å²) in [5.41, 5.74) is 4.67. The summed E-state index contributed by atoms with van der Waals surface area (Å²) in [7, 11) is 0. The van der Waals surface area contributed by atoms with Crippen LogP contribution in [0.4, 0.5) is 8.78 Å². The van der Waals surface area contributed by atoms with E-state index in [4.69, 9.17) is 22.9 Å². The minimum atomic E-state index is -0.569. The highest BCUT2D eigenvalue weighted by atomic mass is 35.5. The lowest BCUT2D eigenvalue weighted by atomic mass is 10.1. The average Bonchev–Trinajstić information content (AvgIpc) is 4.24. The molecule has 0 radical (unpaired) electrons. The molecule has 0 saturated carbocycles. The lowest BCUT2D eigenvalue weighted by Gasteiger charge is -2.33. The highest BCUT2D eigenvalue weighted by Gasteiger charge is 2.32. The van der Waals surface area contributed by atoms with Gasteiger partial charge in [-0.15, -0.1) is 55.5 Å². The van der Waals surface area contributed by atoms with E-state index >= 15 is 0 Å². The second kappa shape index (κ2) is 27.5. The molecule has 1 N–H and O–H groups in total. The van der Waals surface area contributed by atoms with Gasteiger partial charge in [-0.2, -0.15) is 0 Å². The molecule has 2 aliphatic heterocycles. The van der Waals surface area contributed by atoms with Crippen molar-refractivity contribution in [1.82, 2.24) is 54.6 Å². The highest BCUT2D eigenvalue weighted by molar-refractivity contribution is 7.13. The molecule has 0 fully saturated rings. The number of carbonyl (C=O) groups excluding carboxylic acids is 2. The Labute approximate surface area is 434 Å². The van der Waals surface area contributed by atoms with E-state index in [0.717, 1.165) is 63.1 Å². The number of fused-ring (bicyclic) bond motifs is 2. The zero-order valence-corrected chi connectivity index (χ0v) is 43.7. The van der Waals surface area contributed by atoms with Crippen LogP contribution in [0.15, 0.2) is 120 Å². The summed E-state index contributed by atoms with van der Waals surface area (Å²) in [5, 5.41) is 26.2. The molecule has 19 heteroatoms. The van der Waals surface area contributed by atoms with Crippen LogP contribution in [0.5, 0.6) is 0 Å². The molecule has 0 saturated heterocycles. The van der Waals surface area contributed by atoms with Crippen molar-refractivity contribution in [1.29, 1.82) is 0 Å². The lowest BCUT2D eigenvalue weighted by molar-refractivity contribution is 0.0638. The van der Waals surface area contributed by atoms with Crippen LogP contribution in [-0.2, 0) is 13.1 Å². The Bertz CT molecular complexity index is 2890. The van der Waals surface area contributed by atoms with Crippen LogP contribution in [0.3, 0.4) is 0 Å². The van der Waals surface area contributed by atoms with Crippen LogP contribution in [0.25, 0.3) is 44.2 Å².